The molecule has 2 aromatic heterocycles. The average Bonchev–Trinajstić information content (AvgIpc) is 3.05. The lowest BCUT2D eigenvalue weighted by atomic mass is 10.1. The van der Waals surface area contributed by atoms with E-state index in [1.54, 1.807) is 0 Å². The molecule has 4 rings (SSSR count). The van der Waals surface area contributed by atoms with Crippen LogP contribution in [0.25, 0.3) is 28.0 Å². The molecule has 0 aliphatic heterocycles. The standard InChI is InChI=1S/C23H24ClN5/c1-16-22(18-9-11-19(24)12-10-18)23-26-20(17-7-5-4-6-8-17)15-21(29(23)27-16)25-13-14-28(2)3/h4-12,15,25H,13-14H2,1-3H3. The Morgan fingerprint density at radius 1 is 1.00 bits per heavy atom. The summed E-state index contributed by atoms with van der Waals surface area (Å²) >= 11 is 6.09. The van der Waals surface area contributed by atoms with Gasteiger partial charge in [-0.15, -0.1) is 0 Å². The first-order chi connectivity index (χ1) is 14.0. The Labute approximate surface area is 176 Å². The summed E-state index contributed by atoms with van der Waals surface area (Å²) in [6.45, 7) is 3.76. The number of anilines is 1. The van der Waals surface area contributed by atoms with E-state index < -0.39 is 0 Å². The molecular formula is C23H24ClN5. The maximum atomic E-state index is 6.09. The predicted octanol–water partition coefficient (Wildman–Crippen LogP) is 5.00. The molecule has 2 heterocycles. The minimum Gasteiger partial charge on any atom is -0.369 e. The van der Waals surface area contributed by atoms with Crippen LogP contribution in [-0.4, -0.2) is 46.7 Å². The molecule has 6 heteroatoms. The maximum Gasteiger partial charge on any atom is 0.166 e. The third-order valence-corrected chi connectivity index (χ3v) is 5.08. The number of nitrogens with zero attached hydrogens (tertiary/aromatic N) is 4. The largest absolute Gasteiger partial charge is 0.369 e. The first-order valence-electron chi connectivity index (χ1n) is 9.63. The zero-order valence-electron chi connectivity index (χ0n) is 16.9. The summed E-state index contributed by atoms with van der Waals surface area (Å²) in [5, 5.41) is 9.03. The first kappa shape index (κ1) is 19.4. The summed E-state index contributed by atoms with van der Waals surface area (Å²) in [4.78, 5) is 7.14. The van der Waals surface area contributed by atoms with E-state index in [-0.39, 0.29) is 0 Å². The summed E-state index contributed by atoms with van der Waals surface area (Å²) in [6, 6.07) is 20.1. The van der Waals surface area contributed by atoms with E-state index in [1.807, 2.05) is 53.9 Å². The van der Waals surface area contributed by atoms with Crippen molar-refractivity contribution < 1.29 is 0 Å². The number of hydrogen-bond acceptors (Lipinski definition) is 4. The molecule has 29 heavy (non-hydrogen) atoms. The van der Waals surface area contributed by atoms with Crippen LogP contribution in [0.5, 0.6) is 0 Å². The van der Waals surface area contributed by atoms with Gasteiger partial charge in [-0.2, -0.15) is 9.61 Å². The Hall–Kier alpha value is -2.89. The van der Waals surface area contributed by atoms with Crippen LogP contribution in [0.1, 0.15) is 5.69 Å². The van der Waals surface area contributed by atoms with Crippen LogP contribution in [0.15, 0.2) is 60.7 Å². The molecule has 0 aliphatic carbocycles. The monoisotopic (exact) mass is 405 g/mol. The van der Waals surface area contributed by atoms with Gasteiger partial charge in [-0.05, 0) is 38.7 Å². The van der Waals surface area contributed by atoms with Crippen molar-refractivity contribution >= 4 is 23.1 Å². The van der Waals surface area contributed by atoms with Crippen LogP contribution >= 0.6 is 11.6 Å². The fourth-order valence-corrected chi connectivity index (χ4v) is 3.49. The summed E-state index contributed by atoms with van der Waals surface area (Å²) in [5.41, 5.74) is 5.83. The molecule has 0 atom stereocenters. The second kappa shape index (κ2) is 8.23. The van der Waals surface area contributed by atoms with Crippen LogP contribution in [-0.2, 0) is 0 Å². The number of hydrogen-bond donors (Lipinski definition) is 1. The molecule has 4 aromatic rings. The summed E-state index contributed by atoms with van der Waals surface area (Å²) < 4.78 is 1.90. The molecule has 0 bridgehead atoms. The maximum absolute atomic E-state index is 6.09. The highest BCUT2D eigenvalue weighted by atomic mass is 35.5. The van der Waals surface area contributed by atoms with E-state index in [1.165, 1.54) is 0 Å². The highest BCUT2D eigenvalue weighted by molar-refractivity contribution is 6.30. The van der Waals surface area contributed by atoms with Crippen LogP contribution in [0, 0.1) is 6.92 Å². The summed E-state index contributed by atoms with van der Waals surface area (Å²) in [5.74, 6) is 0.930. The van der Waals surface area contributed by atoms with Crippen molar-refractivity contribution in [2.24, 2.45) is 0 Å². The van der Waals surface area contributed by atoms with Gasteiger partial charge < -0.3 is 10.2 Å². The SMILES string of the molecule is Cc1nn2c(NCCN(C)C)cc(-c3ccccc3)nc2c1-c1ccc(Cl)cc1. The van der Waals surface area contributed by atoms with E-state index in [0.29, 0.717) is 5.02 Å². The van der Waals surface area contributed by atoms with Crippen molar-refractivity contribution in [2.75, 3.05) is 32.5 Å². The van der Waals surface area contributed by atoms with E-state index in [4.69, 9.17) is 21.7 Å². The lowest BCUT2D eigenvalue weighted by molar-refractivity contribution is 0.425. The Morgan fingerprint density at radius 3 is 2.41 bits per heavy atom. The van der Waals surface area contributed by atoms with Crippen molar-refractivity contribution in [3.8, 4) is 22.4 Å². The van der Waals surface area contributed by atoms with Crippen LogP contribution in [0.2, 0.25) is 5.02 Å². The molecule has 0 saturated heterocycles. The van der Waals surface area contributed by atoms with Gasteiger partial charge in [-0.3, -0.25) is 0 Å². The van der Waals surface area contributed by atoms with E-state index in [0.717, 1.165) is 52.6 Å². The van der Waals surface area contributed by atoms with Crippen molar-refractivity contribution in [1.82, 2.24) is 19.5 Å². The van der Waals surface area contributed by atoms with E-state index in [2.05, 4.69) is 42.5 Å². The summed E-state index contributed by atoms with van der Waals surface area (Å²) in [6.07, 6.45) is 0. The van der Waals surface area contributed by atoms with Gasteiger partial charge in [0.2, 0.25) is 0 Å². The van der Waals surface area contributed by atoms with Gasteiger partial charge in [-0.25, -0.2) is 4.98 Å². The van der Waals surface area contributed by atoms with Gasteiger partial charge in [0.25, 0.3) is 0 Å². The zero-order valence-corrected chi connectivity index (χ0v) is 17.6. The summed E-state index contributed by atoms with van der Waals surface area (Å²) in [7, 11) is 4.13. The number of halogens is 1. The minimum absolute atomic E-state index is 0.715. The number of likely N-dealkylation sites (N-methyl/N-ethyl adjacent to an activating group) is 1. The second-order valence-electron chi connectivity index (χ2n) is 7.33. The van der Waals surface area contributed by atoms with Gasteiger partial charge >= 0.3 is 0 Å². The van der Waals surface area contributed by atoms with Gasteiger partial charge in [0.05, 0.1) is 11.4 Å². The van der Waals surface area contributed by atoms with Crippen molar-refractivity contribution in [2.45, 2.75) is 6.92 Å². The zero-order chi connectivity index (χ0) is 20.4. The smallest absolute Gasteiger partial charge is 0.166 e. The molecule has 0 fully saturated rings. The molecule has 0 spiro atoms. The first-order valence-corrected chi connectivity index (χ1v) is 10.0. The normalized spacial score (nSPS) is 11.3. The quantitative estimate of drug-likeness (QED) is 0.490. The van der Waals surface area contributed by atoms with Crippen LogP contribution < -0.4 is 5.32 Å². The van der Waals surface area contributed by atoms with E-state index in [9.17, 15) is 0 Å². The molecule has 0 aliphatic rings. The molecule has 0 unspecified atom stereocenters. The average molecular weight is 406 g/mol. The fraction of sp³-hybridized carbons (Fsp3) is 0.217. The molecule has 0 saturated carbocycles. The molecule has 5 nitrogen and oxygen atoms in total. The third-order valence-electron chi connectivity index (χ3n) is 4.83. The predicted molar refractivity (Wildman–Crippen MR) is 121 cm³/mol. The van der Waals surface area contributed by atoms with Crippen molar-refractivity contribution in [3.05, 3.63) is 71.4 Å². The Bertz CT molecular complexity index is 1120. The third kappa shape index (κ3) is 4.11. The molecule has 148 valence electrons. The number of rotatable bonds is 6. The highest BCUT2D eigenvalue weighted by Gasteiger charge is 2.17. The van der Waals surface area contributed by atoms with Crippen LogP contribution in [0.4, 0.5) is 5.82 Å². The van der Waals surface area contributed by atoms with Gasteiger partial charge in [0.15, 0.2) is 5.65 Å². The van der Waals surface area contributed by atoms with Crippen molar-refractivity contribution in [3.63, 3.8) is 0 Å². The number of benzene rings is 2. The van der Waals surface area contributed by atoms with Gasteiger partial charge in [-0.1, -0.05) is 54.1 Å². The molecule has 0 radical (unpaired) electrons. The second-order valence-corrected chi connectivity index (χ2v) is 7.76. The fourth-order valence-electron chi connectivity index (χ4n) is 3.37. The van der Waals surface area contributed by atoms with Gasteiger partial charge in [0, 0.05) is 35.3 Å². The number of fused-ring (bicyclic) bond motifs is 1. The Balaban J connectivity index is 1.89. The number of nitrogens with one attached hydrogen (secondary N) is 1. The molecule has 2 aromatic carbocycles. The lowest BCUT2D eigenvalue weighted by Crippen LogP contribution is -2.21. The van der Waals surface area contributed by atoms with E-state index >= 15 is 0 Å². The molecule has 1 N–H and O–H groups in total. The molecular weight excluding hydrogens is 382 g/mol. The lowest BCUT2D eigenvalue weighted by Gasteiger charge is -2.14. The molecule has 0 amide bonds. The minimum atomic E-state index is 0.715. The van der Waals surface area contributed by atoms with Gasteiger partial charge in [0.1, 0.15) is 5.82 Å². The van der Waals surface area contributed by atoms with Crippen molar-refractivity contribution in [1.29, 1.82) is 0 Å². The highest BCUT2D eigenvalue weighted by Crippen LogP contribution is 2.32. The number of aryl methyl sites for hydroxylation is 1. The Kier molecular flexibility index (Phi) is 5.51. The Morgan fingerprint density at radius 2 is 1.72 bits per heavy atom. The van der Waals surface area contributed by atoms with Crippen LogP contribution in [0.3, 0.4) is 0 Å². The number of aromatic nitrogens is 3. The topological polar surface area (TPSA) is 45.5 Å².